The van der Waals surface area contributed by atoms with E-state index in [2.05, 4.69) is 15.2 Å². The molecule has 154 valence electrons. The highest BCUT2D eigenvalue weighted by atomic mass is 19.1. The van der Waals surface area contributed by atoms with Crippen molar-refractivity contribution in [2.24, 2.45) is 5.92 Å². The highest BCUT2D eigenvalue weighted by Gasteiger charge is 2.25. The average molecular weight is 405 g/mol. The predicted molar refractivity (Wildman–Crippen MR) is 114 cm³/mol. The van der Waals surface area contributed by atoms with Crippen LogP contribution >= 0.6 is 0 Å². The lowest BCUT2D eigenvalue weighted by Crippen LogP contribution is -2.37. The van der Waals surface area contributed by atoms with Crippen LogP contribution in [0.2, 0.25) is 0 Å². The summed E-state index contributed by atoms with van der Waals surface area (Å²) in [4.78, 5) is 19.3. The number of amides is 1. The first-order chi connectivity index (χ1) is 14.7. The summed E-state index contributed by atoms with van der Waals surface area (Å²) in [5, 5.41) is 2.98. The number of halogens is 1. The van der Waals surface area contributed by atoms with Crippen LogP contribution in [0, 0.1) is 11.7 Å². The van der Waals surface area contributed by atoms with Gasteiger partial charge < -0.3 is 10.1 Å². The van der Waals surface area contributed by atoms with Gasteiger partial charge in [0.1, 0.15) is 5.75 Å². The summed E-state index contributed by atoms with van der Waals surface area (Å²) in [6.45, 7) is 2.58. The molecule has 2 aromatic carbocycles. The summed E-state index contributed by atoms with van der Waals surface area (Å²) in [6.07, 6.45) is 3.46. The zero-order chi connectivity index (χ0) is 20.8. The van der Waals surface area contributed by atoms with Crippen LogP contribution in [-0.2, 0) is 11.3 Å². The molecule has 0 radical (unpaired) electrons. The van der Waals surface area contributed by atoms with E-state index >= 15 is 0 Å². The summed E-state index contributed by atoms with van der Waals surface area (Å²) >= 11 is 0. The molecule has 1 aromatic heterocycles. The van der Waals surface area contributed by atoms with Crippen LogP contribution in [0.1, 0.15) is 18.5 Å². The third-order valence-corrected chi connectivity index (χ3v) is 5.26. The lowest BCUT2D eigenvalue weighted by atomic mass is 9.95. The second kappa shape index (κ2) is 9.50. The number of nitrogens with one attached hydrogen (secondary N) is 1. The maximum absolute atomic E-state index is 13.7. The average Bonchev–Trinajstić information content (AvgIpc) is 2.78. The first kappa shape index (κ1) is 20.0. The summed E-state index contributed by atoms with van der Waals surface area (Å²) in [5.41, 5.74) is 1.76. The van der Waals surface area contributed by atoms with Crippen LogP contribution in [0.3, 0.4) is 0 Å². The molecule has 0 aliphatic carbocycles. The standard InChI is InChI=1S/C24H24FN3O2/c25-22-6-1-2-7-23(22)30-21-10-8-19(9-11-21)27-24(29)18-12-15-28(16-13-18)17-20-5-3-4-14-26-20/h1-11,14,18H,12-13,15-17H2,(H,27,29). The number of piperidine rings is 1. The molecule has 0 atom stereocenters. The van der Waals surface area contributed by atoms with E-state index in [9.17, 15) is 9.18 Å². The Morgan fingerprint density at radius 2 is 1.77 bits per heavy atom. The number of pyridine rings is 1. The first-order valence-electron chi connectivity index (χ1n) is 10.1. The van der Waals surface area contributed by atoms with Crippen molar-refractivity contribution in [2.45, 2.75) is 19.4 Å². The monoisotopic (exact) mass is 405 g/mol. The maximum atomic E-state index is 13.7. The highest BCUT2D eigenvalue weighted by Crippen LogP contribution is 2.26. The third kappa shape index (κ3) is 5.21. The van der Waals surface area contributed by atoms with E-state index in [4.69, 9.17) is 4.74 Å². The molecule has 1 N–H and O–H groups in total. The predicted octanol–water partition coefficient (Wildman–Crippen LogP) is 4.86. The van der Waals surface area contributed by atoms with Crippen molar-refractivity contribution in [1.29, 1.82) is 0 Å². The number of carbonyl (C=O) groups excluding carboxylic acids is 1. The van der Waals surface area contributed by atoms with Crippen molar-refractivity contribution in [2.75, 3.05) is 18.4 Å². The Morgan fingerprint density at radius 1 is 1.03 bits per heavy atom. The SMILES string of the molecule is O=C(Nc1ccc(Oc2ccccc2F)cc1)C1CCN(Cc2ccccn2)CC1. The number of anilines is 1. The number of ether oxygens (including phenoxy) is 1. The second-order valence-corrected chi connectivity index (χ2v) is 7.42. The van der Waals surface area contributed by atoms with E-state index in [1.54, 1.807) is 42.5 Å². The number of likely N-dealkylation sites (tertiary alicyclic amines) is 1. The lowest BCUT2D eigenvalue weighted by molar-refractivity contribution is -0.121. The molecule has 0 saturated carbocycles. The van der Waals surface area contributed by atoms with Gasteiger partial charge in [0, 0.05) is 24.3 Å². The van der Waals surface area contributed by atoms with Gasteiger partial charge >= 0.3 is 0 Å². The summed E-state index contributed by atoms with van der Waals surface area (Å²) in [6, 6.07) is 19.2. The summed E-state index contributed by atoms with van der Waals surface area (Å²) in [7, 11) is 0. The Labute approximate surface area is 175 Å². The molecule has 0 unspecified atom stereocenters. The number of hydrogen-bond donors (Lipinski definition) is 1. The molecule has 0 spiro atoms. The Hall–Kier alpha value is -3.25. The maximum Gasteiger partial charge on any atom is 0.227 e. The highest BCUT2D eigenvalue weighted by molar-refractivity contribution is 5.92. The van der Waals surface area contributed by atoms with Crippen LogP contribution in [0.15, 0.2) is 72.9 Å². The zero-order valence-corrected chi connectivity index (χ0v) is 16.6. The van der Waals surface area contributed by atoms with Gasteiger partial charge in [-0.05, 0) is 74.5 Å². The van der Waals surface area contributed by atoms with Crippen LogP contribution in [0.5, 0.6) is 11.5 Å². The normalized spacial score (nSPS) is 15.0. The molecule has 1 aliphatic heterocycles. The third-order valence-electron chi connectivity index (χ3n) is 5.26. The van der Waals surface area contributed by atoms with Crippen molar-refractivity contribution in [3.63, 3.8) is 0 Å². The second-order valence-electron chi connectivity index (χ2n) is 7.42. The van der Waals surface area contributed by atoms with Gasteiger partial charge in [0.15, 0.2) is 11.6 Å². The number of aromatic nitrogens is 1. The van der Waals surface area contributed by atoms with Gasteiger partial charge in [0.25, 0.3) is 0 Å². The van der Waals surface area contributed by atoms with E-state index in [0.717, 1.165) is 38.2 Å². The van der Waals surface area contributed by atoms with Gasteiger partial charge in [-0.1, -0.05) is 18.2 Å². The molecule has 1 aliphatic rings. The molecule has 4 rings (SSSR count). The minimum absolute atomic E-state index is 0.000626. The molecule has 6 heteroatoms. The molecule has 5 nitrogen and oxygen atoms in total. The molecular weight excluding hydrogens is 381 g/mol. The van der Waals surface area contributed by atoms with Crippen molar-refractivity contribution in [1.82, 2.24) is 9.88 Å². The van der Waals surface area contributed by atoms with Crippen LogP contribution in [0.4, 0.5) is 10.1 Å². The number of nitrogens with zero attached hydrogens (tertiary/aromatic N) is 2. The Kier molecular flexibility index (Phi) is 6.35. The van der Waals surface area contributed by atoms with E-state index in [-0.39, 0.29) is 17.6 Å². The first-order valence-corrected chi connectivity index (χ1v) is 10.1. The van der Waals surface area contributed by atoms with E-state index < -0.39 is 5.82 Å². The summed E-state index contributed by atoms with van der Waals surface area (Å²) < 4.78 is 19.2. The minimum Gasteiger partial charge on any atom is -0.454 e. The van der Waals surface area contributed by atoms with E-state index in [0.29, 0.717) is 11.4 Å². The smallest absolute Gasteiger partial charge is 0.227 e. The van der Waals surface area contributed by atoms with Crippen LogP contribution in [0.25, 0.3) is 0 Å². The zero-order valence-electron chi connectivity index (χ0n) is 16.6. The molecule has 1 fully saturated rings. The number of benzene rings is 2. The topological polar surface area (TPSA) is 54.5 Å². The molecule has 1 amide bonds. The van der Waals surface area contributed by atoms with Gasteiger partial charge in [-0.15, -0.1) is 0 Å². The molecule has 3 aromatic rings. The van der Waals surface area contributed by atoms with Crippen LogP contribution < -0.4 is 10.1 Å². The minimum atomic E-state index is -0.413. The molecule has 0 bridgehead atoms. The molecule has 2 heterocycles. The molecule has 30 heavy (non-hydrogen) atoms. The van der Waals surface area contributed by atoms with Gasteiger partial charge in [0.2, 0.25) is 5.91 Å². The van der Waals surface area contributed by atoms with Crippen molar-refractivity contribution < 1.29 is 13.9 Å². The Bertz CT molecular complexity index is 971. The van der Waals surface area contributed by atoms with Crippen molar-refractivity contribution in [3.05, 3.63) is 84.4 Å². The van der Waals surface area contributed by atoms with E-state index in [1.807, 2.05) is 24.4 Å². The Balaban J connectivity index is 1.26. The fourth-order valence-electron chi connectivity index (χ4n) is 3.58. The largest absolute Gasteiger partial charge is 0.454 e. The van der Waals surface area contributed by atoms with Crippen LogP contribution in [-0.4, -0.2) is 28.9 Å². The fraction of sp³-hybridized carbons (Fsp3) is 0.250. The lowest BCUT2D eigenvalue weighted by Gasteiger charge is -2.31. The van der Waals surface area contributed by atoms with E-state index in [1.165, 1.54) is 6.07 Å². The molecular formula is C24H24FN3O2. The van der Waals surface area contributed by atoms with Crippen molar-refractivity contribution >= 4 is 11.6 Å². The summed E-state index contributed by atoms with van der Waals surface area (Å²) in [5.74, 6) is 0.312. The number of hydrogen-bond acceptors (Lipinski definition) is 4. The number of carbonyl (C=O) groups is 1. The van der Waals surface area contributed by atoms with Gasteiger partial charge in [-0.3, -0.25) is 14.7 Å². The van der Waals surface area contributed by atoms with Gasteiger partial charge in [0.05, 0.1) is 5.69 Å². The quantitative estimate of drug-likeness (QED) is 0.636. The van der Waals surface area contributed by atoms with Gasteiger partial charge in [-0.2, -0.15) is 0 Å². The van der Waals surface area contributed by atoms with Gasteiger partial charge in [-0.25, -0.2) is 4.39 Å². The molecule has 1 saturated heterocycles. The van der Waals surface area contributed by atoms with Crippen molar-refractivity contribution in [3.8, 4) is 11.5 Å². The number of para-hydroxylation sites is 1. The Morgan fingerprint density at radius 3 is 2.47 bits per heavy atom. The number of rotatable bonds is 6. The fourth-order valence-corrected chi connectivity index (χ4v) is 3.58.